The summed E-state index contributed by atoms with van der Waals surface area (Å²) in [6.45, 7) is 3.52. The normalized spacial score (nSPS) is 23.8. The molecule has 1 aromatic heterocycles. The number of rotatable bonds is 3. The van der Waals surface area contributed by atoms with Crippen molar-refractivity contribution in [3.05, 3.63) is 15.4 Å². The van der Waals surface area contributed by atoms with Gasteiger partial charge in [-0.2, -0.15) is 0 Å². The van der Waals surface area contributed by atoms with Crippen molar-refractivity contribution >= 4 is 49.6 Å². The summed E-state index contributed by atoms with van der Waals surface area (Å²) >= 11 is 6.34. The van der Waals surface area contributed by atoms with Gasteiger partial charge in [0.25, 0.3) is 0 Å². The van der Waals surface area contributed by atoms with Crippen LogP contribution in [0.5, 0.6) is 0 Å². The molecule has 1 aliphatic rings. The van der Waals surface area contributed by atoms with Gasteiger partial charge in [0, 0.05) is 0 Å². The maximum Gasteiger partial charge on any atom is 0.307 e. The molecule has 0 aliphatic heterocycles. The molecule has 1 heterocycles. The SMILES string of the molecule is CC1(C)[C@H](C(=O)O)[C@@H]1C(=O)Nc1ncc(Br)nc1Br. The molecule has 6 nitrogen and oxygen atoms in total. The number of carbonyl (C=O) groups excluding carboxylic acids is 1. The van der Waals surface area contributed by atoms with E-state index >= 15 is 0 Å². The molecule has 1 fully saturated rings. The Morgan fingerprint density at radius 2 is 2.00 bits per heavy atom. The minimum absolute atomic E-state index is 0.278. The van der Waals surface area contributed by atoms with Gasteiger partial charge in [-0.05, 0) is 37.3 Å². The van der Waals surface area contributed by atoms with Crippen LogP contribution in [-0.4, -0.2) is 27.0 Å². The van der Waals surface area contributed by atoms with E-state index in [0.29, 0.717) is 9.21 Å². The van der Waals surface area contributed by atoms with Crippen molar-refractivity contribution in [3.8, 4) is 0 Å². The molecule has 8 heteroatoms. The van der Waals surface area contributed by atoms with Crippen LogP contribution in [0.15, 0.2) is 15.4 Å². The fourth-order valence-corrected chi connectivity index (χ4v) is 3.12. The van der Waals surface area contributed by atoms with Gasteiger partial charge in [0.1, 0.15) is 9.21 Å². The van der Waals surface area contributed by atoms with E-state index in [1.807, 2.05) is 0 Å². The van der Waals surface area contributed by atoms with Gasteiger partial charge in [-0.25, -0.2) is 9.97 Å². The first-order valence-corrected chi connectivity index (χ1v) is 7.05. The third kappa shape index (κ3) is 2.64. The molecule has 1 aliphatic carbocycles. The Balaban J connectivity index is 2.13. The molecule has 1 aromatic rings. The average molecular weight is 393 g/mol. The van der Waals surface area contributed by atoms with Crippen LogP contribution >= 0.6 is 31.9 Å². The molecule has 1 saturated carbocycles. The number of anilines is 1. The molecular formula is C11H11Br2N3O3. The van der Waals surface area contributed by atoms with Crippen LogP contribution in [0.3, 0.4) is 0 Å². The van der Waals surface area contributed by atoms with Gasteiger partial charge < -0.3 is 10.4 Å². The molecule has 0 radical (unpaired) electrons. The summed E-state index contributed by atoms with van der Waals surface area (Å²) in [4.78, 5) is 31.1. The lowest BCUT2D eigenvalue weighted by Gasteiger charge is -2.06. The summed E-state index contributed by atoms with van der Waals surface area (Å²) in [5, 5.41) is 11.6. The zero-order valence-corrected chi connectivity index (χ0v) is 13.3. The number of halogens is 2. The number of aliphatic carboxylic acids is 1. The molecule has 2 atom stereocenters. The van der Waals surface area contributed by atoms with E-state index in [-0.39, 0.29) is 11.7 Å². The Kier molecular flexibility index (Phi) is 3.65. The minimum Gasteiger partial charge on any atom is -0.481 e. The maximum absolute atomic E-state index is 12.1. The highest BCUT2D eigenvalue weighted by Gasteiger charge is 2.65. The van der Waals surface area contributed by atoms with Gasteiger partial charge in [-0.15, -0.1) is 0 Å². The second kappa shape index (κ2) is 4.82. The van der Waals surface area contributed by atoms with E-state index in [2.05, 4.69) is 47.1 Å². The van der Waals surface area contributed by atoms with Gasteiger partial charge in [-0.3, -0.25) is 9.59 Å². The number of hydrogen-bond donors (Lipinski definition) is 2. The Hall–Kier alpha value is -1.02. The lowest BCUT2D eigenvalue weighted by molar-refractivity contribution is -0.140. The second-order valence-corrected chi connectivity index (χ2v) is 6.50. The van der Waals surface area contributed by atoms with E-state index in [9.17, 15) is 9.59 Å². The zero-order chi connectivity index (χ0) is 14.4. The van der Waals surface area contributed by atoms with Crippen molar-refractivity contribution in [1.29, 1.82) is 0 Å². The first kappa shape index (κ1) is 14.4. The van der Waals surface area contributed by atoms with Crippen molar-refractivity contribution in [2.75, 3.05) is 5.32 Å². The summed E-state index contributed by atoms with van der Waals surface area (Å²) in [6, 6.07) is 0. The highest BCUT2D eigenvalue weighted by Crippen LogP contribution is 2.58. The molecule has 0 unspecified atom stereocenters. The smallest absolute Gasteiger partial charge is 0.307 e. The number of carboxylic acids is 1. The van der Waals surface area contributed by atoms with Crippen LogP contribution in [-0.2, 0) is 9.59 Å². The van der Waals surface area contributed by atoms with Gasteiger partial charge in [0.15, 0.2) is 5.82 Å². The molecule has 0 bridgehead atoms. The number of aromatic nitrogens is 2. The first-order chi connectivity index (χ1) is 8.75. The van der Waals surface area contributed by atoms with Crippen LogP contribution in [0, 0.1) is 17.3 Å². The van der Waals surface area contributed by atoms with Crippen LogP contribution < -0.4 is 5.32 Å². The Bertz CT molecular complexity index is 562. The standard InChI is InChI=1S/C11H11Br2N3O3/c1-11(2)5(6(11)10(18)19)9(17)16-8-7(13)15-4(12)3-14-8/h3,5-6H,1-2H3,(H,18,19)(H,14,16,17)/t5-,6+/m1/s1. The predicted molar refractivity (Wildman–Crippen MR) is 74.5 cm³/mol. The summed E-state index contributed by atoms with van der Waals surface area (Å²) in [5.74, 6) is -2.24. The molecule has 2 rings (SSSR count). The summed E-state index contributed by atoms with van der Waals surface area (Å²) in [5.41, 5.74) is -0.537. The van der Waals surface area contributed by atoms with Crippen molar-refractivity contribution in [1.82, 2.24) is 9.97 Å². The lowest BCUT2D eigenvalue weighted by atomic mass is 10.1. The average Bonchev–Trinajstić information content (AvgIpc) is 2.86. The third-order valence-electron chi connectivity index (χ3n) is 3.32. The number of hydrogen-bond acceptors (Lipinski definition) is 4. The van der Waals surface area contributed by atoms with Crippen LogP contribution in [0.2, 0.25) is 0 Å². The van der Waals surface area contributed by atoms with E-state index in [1.54, 1.807) is 13.8 Å². The van der Waals surface area contributed by atoms with E-state index in [0.717, 1.165) is 0 Å². The number of amides is 1. The quantitative estimate of drug-likeness (QED) is 0.823. The molecule has 19 heavy (non-hydrogen) atoms. The van der Waals surface area contributed by atoms with Gasteiger partial charge in [0.2, 0.25) is 5.91 Å². The molecule has 0 spiro atoms. The van der Waals surface area contributed by atoms with Crippen LogP contribution in [0.1, 0.15) is 13.8 Å². The van der Waals surface area contributed by atoms with Crippen LogP contribution in [0.4, 0.5) is 5.82 Å². The minimum atomic E-state index is -0.953. The Morgan fingerprint density at radius 3 is 2.47 bits per heavy atom. The number of carbonyl (C=O) groups is 2. The largest absolute Gasteiger partial charge is 0.481 e. The van der Waals surface area contributed by atoms with Gasteiger partial charge in [-0.1, -0.05) is 13.8 Å². The monoisotopic (exact) mass is 391 g/mol. The Morgan fingerprint density at radius 1 is 1.37 bits per heavy atom. The Labute approximate surface area is 126 Å². The van der Waals surface area contributed by atoms with Crippen molar-refractivity contribution in [2.45, 2.75) is 13.8 Å². The predicted octanol–water partition coefficient (Wildman–Crippen LogP) is 2.30. The van der Waals surface area contributed by atoms with E-state index < -0.39 is 23.2 Å². The topological polar surface area (TPSA) is 92.2 Å². The van der Waals surface area contributed by atoms with E-state index in [4.69, 9.17) is 5.11 Å². The van der Waals surface area contributed by atoms with Crippen molar-refractivity contribution < 1.29 is 14.7 Å². The highest BCUT2D eigenvalue weighted by atomic mass is 79.9. The summed E-state index contributed by atoms with van der Waals surface area (Å²) in [6.07, 6.45) is 1.45. The van der Waals surface area contributed by atoms with Crippen LogP contribution in [0.25, 0.3) is 0 Å². The van der Waals surface area contributed by atoms with Gasteiger partial charge in [0.05, 0.1) is 18.0 Å². The number of carboxylic acid groups (broad SMARTS) is 1. The fraction of sp³-hybridized carbons (Fsp3) is 0.455. The highest BCUT2D eigenvalue weighted by molar-refractivity contribution is 9.11. The molecule has 0 aromatic carbocycles. The van der Waals surface area contributed by atoms with Crippen molar-refractivity contribution in [2.24, 2.45) is 17.3 Å². The number of nitrogens with one attached hydrogen (secondary N) is 1. The number of nitrogens with zero attached hydrogens (tertiary/aromatic N) is 2. The molecule has 2 N–H and O–H groups in total. The fourth-order valence-electron chi connectivity index (χ4n) is 2.21. The first-order valence-electron chi connectivity index (χ1n) is 5.47. The third-order valence-corrected chi connectivity index (χ3v) is 4.25. The summed E-state index contributed by atoms with van der Waals surface area (Å²) < 4.78 is 0.924. The molecule has 102 valence electrons. The summed E-state index contributed by atoms with van der Waals surface area (Å²) in [7, 11) is 0. The van der Waals surface area contributed by atoms with E-state index in [1.165, 1.54) is 6.20 Å². The van der Waals surface area contributed by atoms with Gasteiger partial charge >= 0.3 is 5.97 Å². The molecular weight excluding hydrogens is 382 g/mol. The molecule has 0 saturated heterocycles. The molecule has 1 amide bonds. The second-order valence-electron chi connectivity index (χ2n) is 4.94. The zero-order valence-electron chi connectivity index (χ0n) is 10.1. The lowest BCUT2D eigenvalue weighted by Crippen LogP contribution is -2.19. The van der Waals surface area contributed by atoms with Crippen molar-refractivity contribution in [3.63, 3.8) is 0 Å². The maximum atomic E-state index is 12.1.